The Morgan fingerprint density at radius 3 is 2.62 bits per heavy atom. The number of carbonyl (C=O) groups excluding carboxylic acids is 1. The van der Waals surface area contributed by atoms with Crippen molar-refractivity contribution in [1.82, 2.24) is 15.3 Å². The van der Waals surface area contributed by atoms with Crippen LogP contribution in [-0.4, -0.2) is 22.0 Å². The molecule has 1 saturated carbocycles. The van der Waals surface area contributed by atoms with Gasteiger partial charge in [0.1, 0.15) is 11.7 Å². The number of H-pyrrole nitrogens is 1. The van der Waals surface area contributed by atoms with Crippen molar-refractivity contribution in [2.24, 2.45) is 0 Å². The van der Waals surface area contributed by atoms with Gasteiger partial charge < -0.3 is 15.0 Å². The normalized spacial score (nSPS) is 13.9. The van der Waals surface area contributed by atoms with E-state index >= 15 is 0 Å². The van der Waals surface area contributed by atoms with Crippen LogP contribution in [0.3, 0.4) is 0 Å². The van der Waals surface area contributed by atoms with Gasteiger partial charge in [-0.1, -0.05) is 36.4 Å². The fourth-order valence-corrected chi connectivity index (χ4v) is 3.54. The summed E-state index contributed by atoms with van der Waals surface area (Å²) in [5.41, 5.74) is 2.02. The lowest BCUT2D eigenvalue weighted by molar-refractivity contribution is 0.0948. The minimum Gasteiger partial charge on any atom is -0.474 e. The fourth-order valence-electron chi connectivity index (χ4n) is 3.54. The molecule has 6 heteroatoms. The second-order valence-electron chi connectivity index (χ2n) is 7.16. The first-order valence-corrected chi connectivity index (χ1v) is 9.88. The monoisotopic (exact) mass is 389 g/mol. The van der Waals surface area contributed by atoms with Gasteiger partial charge >= 0.3 is 0 Å². The molecule has 0 saturated heterocycles. The van der Waals surface area contributed by atoms with Gasteiger partial charge in [0.15, 0.2) is 0 Å². The molecular formula is C23H23N3O3. The van der Waals surface area contributed by atoms with E-state index in [1.807, 2.05) is 42.5 Å². The zero-order chi connectivity index (χ0) is 20.1. The van der Waals surface area contributed by atoms with Crippen LogP contribution < -0.4 is 15.6 Å². The number of hydrogen-bond acceptors (Lipinski definition) is 4. The highest BCUT2D eigenvalue weighted by molar-refractivity contribution is 5.94. The standard InChI is InChI=1S/C23H23N3O3/c27-21(19-12-13-20(26-22(19)28)16-7-2-1-3-8-16)25-15-17-9-6-14-24-23(17)29-18-10-4-5-11-18/h1-3,6-9,12-14,18H,4-5,10-11,15H2,(H,25,27)(H,26,28). The van der Waals surface area contributed by atoms with Crippen molar-refractivity contribution in [2.75, 3.05) is 0 Å². The summed E-state index contributed by atoms with van der Waals surface area (Å²) in [7, 11) is 0. The first kappa shape index (κ1) is 18.9. The molecule has 0 unspecified atom stereocenters. The summed E-state index contributed by atoms with van der Waals surface area (Å²) in [5, 5.41) is 2.80. The van der Waals surface area contributed by atoms with Crippen molar-refractivity contribution in [1.29, 1.82) is 0 Å². The number of aromatic nitrogens is 2. The molecule has 29 heavy (non-hydrogen) atoms. The number of amides is 1. The molecule has 1 aromatic carbocycles. The first-order valence-electron chi connectivity index (χ1n) is 9.88. The minimum atomic E-state index is -0.429. The van der Waals surface area contributed by atoms with Gasteiger partial charge in [0, 0.05) is 24.0 Å². The number of nitrogens with zero attached hydrogens (tertiary/aromatic N) is 1. The highest BCUT2D eigenvalue weighted by Crippen LogP contribution is 2.25. The van der Waals surface area contributed by atoms with E-state index in [9.17, 15) is 9.59 Å². The second-order valence-corrected chi connectivity index (χ2v) is 7.16. The predicted octanol–water partition coefficient (Wildman–Crippen LogP) is 3.69. The summed E-state index contributed by atoms with van der Waals surface area (Å²) in [6, 6.07) is 16.5. The molecule has 0 radical (unpaired) electrons. The van der Waals surface area contributed by atoms with Crippen LogP contribution in [0.1, 0.15) is 41.6 Å². The van der Waals surface area contributed by atoms with Crippen LogP contribution >= 0.6 is 0 Å². The maximum absolute atomic E-state index is 12.6. The number of rotatable bonds is 6. The van der Waals surface area contributed by atoms with E-state index in [1.165, 1.54) is 12.8 Å². The van der Waals surface area contributed by atoms with Gasteiger partial charge in [-0.3, -0.25) is 9.59 Å². The molecule has 3 aromatic rings. The minimum absolute atomic E-state index is 0.0758. The maximum Gasteiger partial charge on any atom is 0.261 e. The van der Waals surface area contributed by atoms with Gasteiger partial charge in [-0.2, -0.15) is 0 Å². The Bertz CT molecular complexity index is 1040. The molecule has 2 aromatic heterocycles. The molecule has 148 valence electrons. The third-order valence-electron chi connectivity index (χ3n) is 5.11. The summed E-state index contributed by atoms with van der Waals surface area (Å²) in [5.74, 6) is 0.120. The van der Waals surface area contributed by atoms with Crippen molar-refractivity contribution < 1.29 is 9.53 Å². The third kappa shape index (κ3) is 4.54. The van der Waals surface area contributed by atoms with E-state index in [-0.39, 0.29) is 18.2 Å². The van der Waals surface area contributed by atoms with Crippen molar-refractivity contribution in [3.63, 3.8) is 0 Å². The molecule has 2 N–H and O–H groups in total. The lowest BCUT2D eigenvalue weighted by Gasteiger charge is -2.15. The highest BCUT2D eigenvalue weighted by Gasteiger charge is 2.19. The number of hydrogen-bond donors (Lipinski definition) is 2. The van der Waals surface area contributed by atoms with E-state index in [0.29, 0.717) is 11.6 Å². The van der Waals surface area contributed by atoms with Crippen molar-refractivity contribution in [3.8, 4) is 17.1 Å². The van der Waals surface area contributed by atoms with Crippen LogP contribution in [0.5, 0.6) is 5.88 Å². The van der Waals surface area contributed by atoms with Crippen molar-refractivity contribution in [2.45, 2.75) is 38.3 Å². The van der Waals surface area contributed by atoms with Crippen LogP contribution in [0.25, 0.3) is 11.3 Å². The van der Waals surface area contributed by atoms with Crippen molar-refractivity contribution in [3.05, 3.63) is 82.3 Å². The van der Waals surface area contributed by atoms with E-state index < -0.39 is 11.5 Å². The van der Waals surface area contributed by atoms with Crippen LogP contribution in [0.15, 0.2) is 65.6 Å². The van der Waals surface area contributed by atoms with Crippen molar-refractivity contribution >= 4 is 5.91 Å². The smallest absolute Gasteiger partial charge is 0.261 e. The first-order chi connectivity index (χ1) is 14.2. The number of ether oxygens (including phenoxy) is 1. The molecule has 1 aliphatic carbocycles. The molecule has 1 amide bonds. The molecular weight excluding hydrogens is 366 g/mol. The van der Waals surface area contributed by atoms with Crippen LogP contribution in [-0.2, 0) is 6.54 Å². The maximum atomic E-state index is 12.6. The van der Waals surface area contributed by atoms with Gasteiger partial charge in [-0.05, 0) is 49.4 Å². The summed E-state index contributed by atoms with van der Waals surface area (Å²) >= 11 is 0. The number of pyridine rings is 2. The topological polar surface area (TPSA) is 84.1 Å². The summed E-state index contributed by atoms with van der Waals surface area (Å²) in [4.78, 5) is 32.1. The fraction of sp³-hybridized carbons (Fsp3) is 0.261. The van der Waals surface area contributed by atoms with Gasteiger partial charge in [-0.15, -0.1) is 0 Å². The van der Waals surface area contributed by atoms with Crippen LogP contribution in [0, 0.1) is 0 Å². The van der Waals surface area contributed by atoms with Gasteiger partial charge in [0.05, 0.1) is 0 Å². The zero-order valence-corrected chi connectivity index (χ0v) is 16.1. The van der Waals surface area contributed by atoms with E-state index in [1.54, 1.807) is 18.3 Å². The number of nitrogens with one attached hydrogen (secondary N) is 2. The Morgan fingerprint density at radius 1 is 1.07 bits per heavy atom. The molecule has 0 bridgehead atoms. The number of aromatic amines is 1. The van der Waals surface area contributed by atoms with E-state index in [2.05, 4.69) is 15.3 Å². The van der Waals surface area contributed by atoms with Crippen LogP contribution in [0.2, 0.25) is 0 Å². The molecule has 0 atom stereocenters. The second kappa shape index (κ2) is 8.73. The Morgan fingerprint density at radius 2 is 1.86 bits per heavy atom. The lowest BCUT2D eigenvalue weighted by atomic mass is 10.1. The Hall–Kier alpha value is -3.41. The summed E-state index contributed by atoms with van der Waals surface area (Å²) in [6.07, 6.45) is 6.28. The summed E-state index contributed by atoms with van der Waals surface area (Å²) < 4.78 is 6.00. The summed E-state index contributed by atoms with van der Waals surface area (Å²) in [6.45, 7) is 0.245. The Balaban J connectivity index is 1.44. The van der Waals surface area contributed by atoms with Gasteiger partial charge in [0.2, 0.25) is 5.88 Å². The van der Waals surface area contributed by atoms with Gasteiger partial charge in [-0.25, -0.2) is 4.98 Å². The van der Waals surface area contributed by atoms with Crippen LogP contribution in [0.4, 0.5) is 0 Å². The molecule has 1 aliphatic rings. The molecule has 1 fully saturated rings. The largest absolute Gasteiger partial charge is 0.474 e. The molecule has 6 nitrogen and oxygen atoms in total. The molecule has 0 spiro atoms. The van der Waals surface area contributed by atoms with E-state index in [4.69, 9.17) is 4.74 Å². The quantitative estimate of drug-likeness (QED) is 0.673. The molecule has 4 rings (SSSR count). The number of benzene rings is 1. The van der Waals surface area contributed by atoms with E-state index in [0.717, 1.165) is 24.0 Å². The molecule has 2 heterocycles. The predicted molar refractivity (Wildman–Crippen MR) is 111 cm³/mol. The Labute approximate surface area is 169 Å². The average molecular weight is 389 g/mol. The Kier molecular flexibility index (Phi) is 5.70. The average Bonchev–Trinajstić information content (AvgIpc) is 3.26. The zero-order valence-electron chi connectivity index (χ0n) is 16.1. The van der Waals surface area contributed by atoms with Gasteiger partial charge in [0.25, 0.3) is 11.5 Å². The number of carbonyl (C=O) groups is 1. The highest BCUT2D eigenvalue weighted by atomic mass is 16.5. The third-order valence-corrected chi connectivity index (χ3v) is 5.11. The molecule has 0 aliphatic heterocycles. The SMILES string of the molecule is O=C(NCc1cccnc1OC1CCCC1)c1ccc(-c2ccccc2)[nH]c1=O. The lowest BCUT2D eigenvalue weighted by Crippen LogP contribution is -2.29.